The summed E-state index contributed by atoms with van der Waals surface area (Å²) in [5.41, 5.74) is 0. The third-order valence-electron chi connectivity index (χ3n) is 2.69. The fourth-order valence-electron chi connectivity index (χ4n) is 1.68. The molecule has 0 aromatic carbocycles. The van der Waals surface area contributed by atoms with Crippen molar-refractivity contribution in [3.05, 3.63) is 18.5 Å². The molecule has 1 rings (SSSR count). The molecule has 1 heterocycles. The zero-order chi connectivity index (χ0) is 15.2. The second-order valence-corrected chi connectivity index (χ2v) is 4.42. The van der Waals surface area contributed by atoms with E-state index in [9.17, 15) is 0 Å². The quantitative estimate of drug-likeness (QED) is 0.241. The van der Waals surface area contributed by atoms with Crippen LogP contribution in [0.1, 0.15) is 13.3 Å². The van der Waals surface area contributed by atoms with E-state index in [1.807, 2.05) is 16.9 Å². The van der Waals surface area contributed by atoms with Crippen molar-refractivity contribution in [2.45, 2.75) is 19.9 Å². The lowest BCUT2D eigenvalue weighted by atomic mass is 10.4. The molecule has 0 aliphatic heterocycles. The fourth-order valence-corrected chi connectivity index (χ4v) is 1.68. The number of ether oxygens (including phenoxy) is 2. The molecule has 0 saturated carbocycles. The Balaban J connectivity index is 0.00000441. The molecule has 22 heavy (non-hydrogen) atoms. The zero-order valence-electron chi connectivity index (χ0n) is 13.5. The van der Waals surface area contributed by atoms with E-state index in [4.69, 9.17) is 9.47 Å². The highest BCUT2D eigenvalue weighted by Crippen LogP contribution is 1.90. The first-order valence-corrected chi connectivity index (χ1v) is 7.43. The monoisotopic (exact) mass is 425 g/mol. The highest BCUT2D eigenvalue weighted by molar-refractivity contribution is 14.0. The Morgan fingerprint density at radius 1 is 1.27 bits per heavy atom. The standard InChI is InChI=1S/C14H27N5O2.HI/c1-3-15-14(17-8-11-21-13-12-20-2)16-6-4-9-19-10-5-7-18-19;/h5,7,10H,3-4,6,8-9,11-13H2,1-2H3,(H2,15,16,17);1H. The molecule has 7 nitrogen and oxygen atoms in total. The van der Waals surface area contributed by atoms with Gasteiger partial charge in [0, 0.05) is 45.7 Å². The van der Waals surface area contributed by atoms with Gasteiger partial charge in [0.15, 0.2) is 5.96 Å². The van der Waals surface area contributed by atoms with E-state index in [0.717, 1.165) is 38.6 Å². The van der Waals surface area contributed by atoms with Gasteiger partial charge in [0.25, 0.3) is 0 Å². The minimum Gasteiger partial charge on any atom is -0.382 e. The number of halogens is 1. The van der Waals surface area contributed by atoms with E-state index in [1.54, 1.807) is 13.3 Å². The van der Waals surface area contributed by atoms with Crippen molar-refractivity contribution < 1.29 is 9.47 Å². The van der Waals surface area contributed by atoms with Gasteiger partial charge in [-0.3, -0.25) is 9.67 Å². The number of aryl methyl sites for hydroxylation is 1. The molecule has 0 amide bonds. The third-order valence-corrected chi connectivity index (χ3v) is 2.69. The Hall–Kier alpha value is -0.870. The maximum atomic E-state index is 5.40. The molecule has 1 aromatic rings. The summed E-state index contributed by atoms with van der Waals surface area (Å²) in [6, 6.07) is 1.93. The van der Waals surface area contributed by atoms with Gasteiger partial charge in [0.2, 0.25) is 0 Å². The molecule has 0 saturated heterocycles. The van der Waals surface area contributed by atoms with E-state index < -0.39 is 0 Å². The molecule has 0 radical (unpaired) electrons. The van der Waals surface area contributed by atoms with Crippen LogP contribution in [0.25, 0.3) is 0 Å². The lowest BCUT2D eigenvalue weighted by Crippen LogP contribution is -2.39. The summed E-state index contributed by atoms with van der Waals surface area (Å²) < 4.78 is 12.2. The number of aliphatic imine (C=N–C) groups is 1. The van der Waals surface area contributed by atoms with Crippen LogP contribution in [0.5, 0.6) is 0 Å². The normalized spacial score (nSPS) is 11.1. The van der Waals surface area contributed by atoms with Crippen LogP contribution in [0, 0.1) is 0 Å². The van der Waals surface area contributed by atoms with Crippen molar-refractivity contribution in [2.75, 3.05) is 46.6 Å². The molecule has 0 fully saturated rings. The van der Waals surface area contributed by atoms with Crippen LogP contribution in [0.3, 0.4) is 0 Å². The number of hydrogen-bond donors (Lipinski definition) is 2. The topological polar surface area (TPSA) is 72.7 Å². The van der Waals surface area contributed by atoms with Gasteiger partial charge >= 0.3 is 0 Å². The van der Waals surface area contributed by atoms with Crippen LogP contribution >= 0.6 is 24.0 Å². The number of nitrogens with one attached hydrogen (secondary N) is 2. The van der Waals surface area contributed by atoms with Crippen LogP contribution in [-0.2, 0) is 16.0 Å². The van der Waals surface area contributed by atoms with Gasteiger partial charge in [-0.1, -0.05) is 0 Å². The summed E-state index contributed by atoms with van der Waals surface area (Å²) in [6.07, 6.45) is 4.71. The second kappa shape index (κ2) is 15.0. The Bertz CT molecular complexity index is 373. The summed E-state index contributed by atoms with van der Waals surface area (Å²) in [6.45, 7) is 7.16. The number of nitrogens with zero attached hydrogens (tertiary/aromatic N) is 3. The first-order valence-electron chi connectivity index (χ1n) is 7.43. The number of hydrogen-bond acceptors (Lipinski definition) is 4. The van der Waals surface area contributed by atoms with Crippen molar-refractivity contribution in [3.8, 4) is 0 Å². The molecule has 0 spiro atoms. The zero-order valence-corrected chi connectivity index (χ0v) is 15.8. The third kappa shape index (κ3) is 10.8. The first kappa shape index (κ1) is 21.1. The summed E-state index contributed by atoms with van der Waals surface area (Å²) in [5, 5.41) is 10.6. The molecule has 2 N–H and O–H groups in total. The smallest absolute Gasteiger partial charge is 0.191 e. The predicted octanol–water partition coefficient (Wildman–Crippen LogP) is 1.11. The predicted molar refractivity (Wildman–Crippen MR) is 98.9 cm³/mol. The average molecular weight is 425 g/mol. The van der Waals surface area contributed by atoms with Gasteiger partial charge in [-0.15, -0.1) is 24.0 Å². The summed E-state index contributed by atoms with van der Waals surface area (Å²) in [4.78, 5) is 4.52. The summed E-state index contributed by atoms with van der Waals surface area (Å²) in [7, 11) is 1.67. The highest BCUT2D eigenvalue weighted by atomic mass is 127. The van der Waals surface area contributed by atoms with Crippen molar-refractivity contribution in [3.63, 3.8) is 0 Å². The van der Waals surface area contributed by atoms with Crippen molar-refractivity contribution in [1.29, 1.82) is 0 Å². The van der Waals surface area contributed by atoms with Gasteiger partial charge in [-0.05, 0) is 19.4 Å². The first-order chi connectivity index (χ1) is 10.4. The van der Waals surface area contributed by atoms with Crippen LogP contribution in [0.15, 0.2) is 23.5 Å². The van der Waals surface area contributed by atoms with Crippen LogP contribution in [0.4, 0.5) is 0 Å². The Morgan fingerprint density at radius 3 is 2.82 bits per heavy atom. The Labute approximate surface area is 149 Å². The van der Waals surface area contributed by atoms with Gasteiger partial charge in [-0.2, -0.15) is 5.10 Å². The maximum Gasteiger partial charge on any atom is 0.191 e. The largest absolute Gasteiger partial charge is 0.382 e. The van der Waals surface area contributed by atoms with Crippen molar-refractivity contribution in [1.82, 2.24) is 20.4 Å². The van der Waals surface area contributed by atoms with Crippen molar-refractivity contribution >= 4 is 29.9 Å². The van der Waals surface area contributed by atoms with Gasteiger partial charge in [0.05, 0.1) is 19.8 Å². The van der Waals surface area contributed by atoms with Crippen LogP contribution in [0.2, 0.25) is 0 Å². The fraction of sp³-hybridized carbons (Fsp3) is 0.714. The Kier molecular flexibility index (Phi) is 14.4. The van der Waals surface area contributed by atoms with Gasteiger partial charge in [-0.25, -0.2) is 0 Å². The lowest BCUT2D eigenvalue weighted by molar-refractivity contribution is 0.0733. The van der Waals surface area contributed by atoms with E-state index in [-0.39, 0.29) is 24.0 Å². The molecular weight excluding hydrogens is 397 g/mol. The molecule has 0 aliphatic rings. The van der Waals surface area contributed by atoms with E-state index in [2.05, 4.69) is 27.6 Å². The molecule has 0 aliphatic carbocycles. The molecule has 128 valence electrons. The minimum absolute atomic E-state index is 0. The number of aromatic nitrogens is 2. The summed E-state index contributed by atoms with van der Waals surface area (Å²) >= 11 is 0. The average Bonchev–Trinajstić information content (AvgIpc) is 3.00. The Morgan fingerprint density at radius 2 is 2.14 bits per heavy atom. The van der Waals surface area contributed by atoms with E-state index >= 15 is 0 Å². The van der Waals surface area contributed by atoms with Crippen LogP contribution < -0.4 is 10.6 Å². The van der Waals surface area contributed by atoms with Crippen LogP contribution in [-0.4, -0.2) is 62.3 Å². The lowest BCUT2D eigenvalue weighted by Gasteiger charge is -2.11. The molecule has 8 heteroatoms. The SMILES string of the molecule is CCNC(=NCCCn1cccn1)NCCOCCOC.I. The minimum atomic E-state index is 0. The van der Waals surface area contributed by atoms with Gasteiger partial charge < -0.3 is 20.1 Å². The maximum absolute atomic E-state index is 5.40. The molecule has 1 aromatic heterocycles. The number of methoxy groups -OCH3 is 1. The highest BCUT2D eigenvalue weighted by Gasteiger charge is 1.97. The van der Waals surface area contributed by atoms with E-state index in [0.29, 0.717) is 19.8 Å². The number of guanidine groups is 1. The molecular formula is C14H28IN5O2. The molecule has 0 unspecified atom stereocenters. The van der Waals surface area contributed by atoms with Crippen molar-refractivity contribution in [2.24, 2.45) is 4.99 Å². The van der Waals surface area contributed by atoms with Gasteiger partial charge in [0.1, 0.15) is 0 Å². The second-order valence-electron chi connectivity index (χ2n) is 4.42. The summed E-state index contributed by atoms with van der Waals surface area (Å²) in [5.74, 6) is 0.827. The van der Waals surface area contributed by atoms with E-state index in [1.165, 1.54) is 0 Å². The number of rotatable bonds is 11. The molecule has 0 bridgehead atoms. The molecule has 0 atom stereocenters.